The lowest BCUT2D eigenvalue weighted by Crippen LogP contribution is -2.30. The number of amides is 1. The molecule has 0 bridgehead atoms. The first-order valence-corrected chi connectivity index (χ1v) is 7.67. The summed E-state index contributed by atoms with van der Waals surface area (Å²) >= 11 is 0. The number of aromatic hydroxyl groups is 1. The van der Waals surface area contributed by atoms with Gasteiger partial charge in [-0.3, -0.25) is 4.79 Å². The molecule has 0 spiro atoms. The zero-order chi connectivity index (χ0) is 18.0. The van der Waals surface area contributed by atoms with Crippen LogP contribution in [0.5, 0.6) is 5.75 Å². The topological polar surface area (TPSA) is 76.4 Å². The largest absolute Gasteiger partial charge is 0.504 e. The molecule has 1 amide bonds. The van der Waals surface area contributed by atoms with E-state index < -0.39 is 23.4 Å². The first kappa shape index (κ1) is 17.3. The molecule has 0 radical (unpaired) electrons. The van der Waals surface area contributed by atoms with E-state index in [-0.39, 0.29) is 17.3 Å². The second kappa shape index (κ2) is 6.75. The van der Waals surface area contributed by atoms with Crippen molar-refractivity contribution in [3.63, 3.8) is 0 Å². The van der Waals surface area contributed by atoms with Gasteiger partial charge in [-0.15, -0.1) is 0 Å². The molecule has 0 aliphatic carbocycles. The van der Waals surface area contributed by atoms with E-state index in [9.17, 15) is 23.1 Å². The zero-order valence-electron chi connectivity index (χ0n) is 13.1. The van der Waals surface area contributed by atoms with Crippen molar-refractivity contribution in [3.8, 4) is 11.4 Å². The van der Waals surface area contributed by atoms with Crippen LogP contribution in [-0.4, -0.2) is 40.6 Å². The minimum atomic E-state index is -4.58. The predicted octanol–water partition coefficient (Wildman–Crippen LogP) is 2.36. The van der Waals surface area contributed by atoms with E-state index in [1.165, 1.54) is 18.2 Å². The van der Waals surface area contributed by atoms with E-state index in [0.717, 1.165) is 23.4 Å². The van der Waals surface area contributed by atoms with Gasteiger partial charge in [0.1, 0.15) is 0 Å². The van der Waals surface area contributed by atoms with Gasteiger partial charge in [0.15, 0.2) is 11.4 Å². The second-order valence-corrected chi connectivity index (χ2v) is 5.76. The third kappa shape index (κ3) is 3.76. The van der Waals surface area contributed by atoms with Gasteiger partial charge in [0, 0.05) is 19.1 Å². The fraction of sp³-hybridized carbons (Fsp3) is 0.375. The Morgan fingerprint density at radius 2 is 2.16 bits per heavy atom. The molecule has 6 nitrogen and oxygen atoms in total. The smallest absolute Gasteiger partial charge is 0.418 e. The summed E-state index contributed by atoms with van der Waals surface area (Å²) in [6.07, 6.45) is -2.78. The molecule has 1 aliphatic rings. The number of ether oxygens (including phenoxy) is 1. The average molecular weight is 355 g/mol. The normalized spacial score (nSPS) is 17.6. The molecule has 1 aromatic carbocycles. The van der Waals surface area contributed by atoms with Crippen molar-refractivity contribution in [3.05, 3.63) is 41.7 Å². The molecule has 2 N–H and O–H groups in total. The SMILES string of the molecule is O=C(NCC1CCOC1)c1nn(-c2ccccc2C(F)(F)F)cc1O. The Bertz CT molecular complexity index is 767. The lowest BCUT2D eigenvalue weighted by atomic mass is 10.1. The van der Waals surface area contributed by atoms with Crippen LogP contribution in [-0.2, 0) is 10.9 Å². The third-order valence-corrected chi connectivity index (χ3v) is 3.94. The van der Waals surface area contributed by atoms with Gasteiger partial charge in [0.2, 0.25) is 0 Å². The summed E-state index contributed by atoms with van der Waals surface area (Å²) in [5.74, 6) is -0.955. The molecule has 1 aliphatic heterocycles. The number of benzene rings is 1. The fourth-order valence-electron chi connectivity index (χ4n) is 2.63. The molecule has 2 heterocycles. The Morgan fingerprint density at radius 1 is 1.40 bits per heavy atom. The number of alkyl halides is 3. The highest BCUT2D eigenvalue weighted by molar-refractivity contribution is 5.94. The molecule has 134 valence electrons. The minimum Gasteiger partial charge on any atom is -0.504 e. The van der Waals surface area contributed by atoms with E-state index in [1.54, 1.807) is 0 Å². The Morgan fingerprint density at radius 3 is 2.84 bits per heavy atom. The number of hydrogen-bond donors (Lipinski definition) is 2. The Hall–Kier alpha value is -2.55. The standard InChI is InChI=1S/C16H16F3N3O3/c17-16(18,19)11-3-1-2-4-12(11)22-8-13(23)14(21-22)15(24)20-7-10-5-6-25-9-10/h1-4,8,10,23H,5-7,9H2,(H,20,24). The van der Waals surface area contributed by atoms with Crippen molar-refractivity contribution in [2.24, 2.45) is 5.92 Å². The van der Waals surface area contributed by atoms with Gasteiger partial charge >= 0.3 is 6.18 Å². The van der Waals surface area contributed by atoms with Gasteiger partial charge in [-0.05, 0) is 18.6 Å². The van der Waals surface area contributed by atoms with E-state index >= 15 is 0 Å². The van der Waals surface area contributed by atoms with Crippen molar-refractivity contribution in [2.75, 3.05) is 19.8 Å². The van der Waals surface area contributed by atoms with Crippen molar-refractivity contribution >= 4 is 5.91 Å². The average Bonchev–Trinajstić information content (AvgIpc) is 3.21. The molecule has 25 heavy (non-hydrogen) atoms. The number of aromatic nitrogens is 2. The molecule has 1 unspecified atom stereocenters. The molecule has 1 fully saturated rings. The number of para-hydroxylation sites is 1. The summed E-state index contributed by atoms with van der Waals surface area (Å²) in [4.78, 5) is 12.1. The molecule has 0 saturated carbocycles. The summed E-state index contributed by atoms with van der Waals surface area (Å²) in [6, 6.07) is 4.80. The maximum Gasteiger partial charge on any atom is 0.418 e. The maximum atomic E-state index is 13.1. The molecule has 9 heteroatoms. The van der Waals surface area contributed by atoms with Gasteiger partial charge < -0.3 is 15.2 Å². The van der Waals surface area contributed by atoms with E-state index in [1.807, 2.05) is 0 Å². The second-order valence-electron chi connectivity index (χ2n) is 5.76. The highest BCUT2D eigenvalue weighted by atomic mass is 19.4. The Kier molecular flexibility index (Phi) is 4.67. The fourth-order valence-corrected chi connectivity index (χ4v) is 2.63. The summed E-state index contributed by atoms with van der Waals surface area (Å²) in [5, 5.41) is 16.3. The molecule has 1 atom stereocenters. The van der Waals surface area contributed by atoms with E-state index in [2.05, 4.69) is 10.4 Å². The van der Waals surface area contributed by atoms with Gasteiger partial charge in [-0.25, -0.2) is 4.68 Å². The van der Waals surface area contributed by atoms with Gasteiger partial charge in [0.05, 0.1) is 24.1 Å². The molecular weight excluding hydrogens is 339 g/mol. The molecule has 2 aromatic rings. The van der Waals surface area contributed by atoms with Crippen LogP contribution in [0.15, 0.2) is 30.5 Å². The lowest BCUT2D eigenvalue weighted by molar-refractivity contribution is -0.137. The zero-order valence-corrected chi connectivity index (χ0v) is 13.1. The molecule has 1 saturated heterocycles. The minimum absolute atomic E-state index is 0.180. The number of halogens is 3. The van der Waals surface area contributed by atoms with Crippen molar-refractivity contribution in [1.82, 2.24) is 15.1 Å². The quantitative estimate of drug-likeness (QED) is 0.883. The predicted molar refractivity (Wildman–Crippen MR) is 81.5 cm³/mol. The maximum absolute atomic E-state index is 13.1. The van der Waals surface area contributed by atoms with Crippen molar-refractivity contribution in [2.45, 2.75) is 12.6 Å². The van der Waals surface area contributed by atoms with Crippen LogP contribution in [0.4, 0.5) is 13.2 Å². The number of carbonyl (C=O) groups is 1. The van der Waals surface area contributed by atoms with Crippen LogP contribution in [0.1, 0.15) is 22.5 Å². The van der Waals surface area contributed by atoms with Gasteiger partial charge in [-0.1, -0.05) is 12.1 Å². The first-order valence-electron chi connectivity index (χ1n) is 7.67. The van der Waals surface area contributed by atoms with Gasteiger partial charge in [0.25, 0.3) is 5.91 Å². The van der Waals surface area contributed by atoms with E-state index in [4.69, 9.17) is 4.74 Å². The molecular formula is C16H16F3N3O3. The lowest BCUT2D eigenvalue weighted by Gasteiger charge is -2.12. The van der Waals surface area contributed by atoms with Crippen LogP contribution in [0.25, 0.3) is 5.69 Å². The number of rotatable bonds is 4. The Labute approximate surface area is 141 Å². The van der Waals surface area contributed by atoms with Crippen molar-refractivity contribution in [1.29, 1.82) is 0 Å². The third-order valence-electron chi connectivity index (χ3n) is 3.94. The number of nitrogens with zero attached hydrogens (tertiary/aromatic N) is 2. The van der Waals surface area contributed by atoms with Gasteiger partial charge in [-0.2, -0.15) is 18.3 Å². The highest BCUT2D eigenvalue weighted by Gasteiger charge is 2.34. The summed E-state index contributed by atoms with van der Waals surface area (Å²) < 4.78 is 45.3. The summed E-state index contributed by atoms with van der Waals surface area (Å²) in [7, 11) is 0. The summed E-state index contributed by atoms with van der Waals surface area (Å²) in [5.41, 5.74) is -1.50. The number of hydrogen-bond acceptors (Lipinski definition) is 4. The van der Waals surface area contributed by atoms with Crippen molar-refractivity contribution < 1.29 is 27.8 Å². The van der Waals surface area contributed by atoms with Crippen LogP contribution >= 0.6 is 0 Å². The first-order chi connectivity index (χ1) is 11.9. The van der Waals surface area contributed by atoms with Crippen LogP contribution < -0.4 is 5.32 Å². The van der Waals surface area contributed by atoms with Crippen LogP contribution in [0.2, 0.25) is 0 Å². The molecule has 3 rings (SSSR count). The number of carbonyl (C=O) groups excluding carboxylic acids is 1. The van der Waals surface area contributed by atoms with E-state index in [0.29, 0.717) is 19.8 Å². The molecule has 1 aromatic heterocycles. The Balaban J connectivity index is 1.82. The highest BCUT2D eigenvalue weighted by Crippen LogP contribution is 2.34. The number of nitrogens with one attached hydrogen (secondary N) is 1. The summed E-state index contributed by atoms with van der Waals surface area (Å²) in [6.45, 7) is 1.53. The monoisotopic (exact) mass is 355 g/mol. The van der Waals surface area contributed by atoms with Crippen LogP contribution in [0, 0.1) is 5.92 Å². The van der Waals surface area contributed by atoms with Crippen LogP contribution in [0.3, 0.4) is 0 Å².